The number of hydrogen-bond acceptors (Lipinski definition) is 3. The third-order valence-electron chi connectivity index (χ3n) is 3.67. The van der Waals surface area contributed by atoms with Gasteiger partial charge in [-0.05, 0) is 30.2 Å². The lowest BCUT2D eigenvalue weighted by Gasteiger charge is -2.30. The first-order valence-corrected chi connectivity index (χ1v) is 7.28. The van der Waals surface area contributed by atoms with E-state index in [9.17, 15) is 0 Å². The van der Waals surface area contributed by atoms with Crippen LogP contribution in [0.5, 0.6) is 0 Å². The van der Waals surface area contributed by atoms with E-state index in [1.807, 2.05) is 12.3 Å². The lowest BCUT2D eigenvalue weighted by atomic mass is 9.92. The normalized spacial score (nSPS) is 14.7. The van der Waals surface area contributed by atoms with Crippen LogP contribution in [0.25, 0.3) is 10.9 Å². The molecular weight excluding hydrogens is 248 g/mol. The smallest absolute Gasteiger partial charge is 0.0788 e. The van der Waals surface area contributed by atoms with Crippen LogP contribution in [0.2, 0.25) is 0 Å². The predicted molar refractivity (Wildman–Crippen MR) is 83.8 cm³/mol. The second-order valence-electron chi connectivity index (χ2n) is 5.44. The van der Waals surface area contributed by atoms with Crippen molar-refractivity contribution in [1.82, 2.24) is 10.3 Å². The van der Waals surface area contributed by atoms with E-state index < -0.39 is 0 Å². The topological polar surface area (TPSA) is 34.2 Å². The number of likely N-dealkylation sites (N-methyl/N-ethyl adjacent to an activating group) is 1. The first-order valence-electron chi connectivity index (χ1n) is 7.28. The van der Waals surface area contributed by atoms with Crippen LogP contribution in [0.1, 0.15) is 32.4 Å². The lowest BCUT2D eigenvalue weighted by Crippen LogP contribution is -2.36. The fourth-order valence-electron chi connectivity index (χ4n) is 2.71. The molecule has 1 heterocycles. The molecule has 20 heavy (non-hydrogen) atoms. The molecule has 0 aliphatic carbocycles. The molecule has 0 spiro atoms. The highest BCUT2D eigenvalue weighted by Crippen LogP contribution is 2.26. The monoisotopic (exact) mass is 272 g/mol. The Balaban J connectivity index is 2.40. The van der Waals surface area contributed by atoms with Crippen LogP contribution in [0.15, 0.2) is 36.5 Å². The van der Waals surface area contributed by atoms with Crippen LogP contribution in [0.3, 0.4) is 0 Å². The minimum Gasteiger partial charge on any atom is -0.379 e. The molecule has 0 amide bonds. The third-order valence-corrected chi connectivity index (χ3v) is 3.67. The number of nitrogens with zero attached hydrogens (tertiary/aromatic N) is 1. The van der Waals surface area contributed by atoms with Gasteiger partial charge >= 0.3 is 0 Å². The Morgan fingerprint density at radius 1 is 1.25 bits per heavy atom. The van der Waals surface area contributed by atoms with E-state index in [2.05, 4.69) is 55.3 Å². The van der Waals surface area contributed by atoms with Crippen molar-refractivity contribution in [3.63, 3.8) is 0 Å². The number of ether oxygens (including phenoxy) is 1. The molecule has 108 valence electrons. The summed E-state index contributed by atoms with van der Waals surface area (Å²) in [7, 11) is 1.79. The van der Waals surface area contributed by atoms with Gasteiger partial charge in [0, 0.05) is 18.7 Å². The molecule has 3 nitrogen and oxygen atoms in total. The van der Waals surface area contributed by atoms with Gasteiger partial charge in [-0.2, -0.15) is 0 Å². The molecule has 1 aromatic carbocycles. The largest absolute Gasteiger partial charge is 0.379 e. The number of fused-ring (bicyclic) bond motifs is 1. The Morgan fingerprint density at radius 2 is 2.05 bits per heavy atom. The van der Waals surface area contributed by atoms with Gasteiger partial charge in [-0.3, -0.25) is 4.98 Å². The highest BCUT2D eigenvalue weighted by atomic mass is 16.5. The van der Waals surface area contributed by atoms with E-state index in [1.54, 1.807) is 7.11 Å². The quantitative estimate of drug-likeness (QED) is 0.873. The summed E-state index contributed by atoms with van der Waals surface area (Å²) in [5, 5.41) is 4.71. The molecule has 0 aliphatic rings. The van der Waals surface area contributed by atoms with Crippen LogP contribution in [-0.2, 0) is 4.74 Å². The summed E-state index contributed by atoms with van der Waals surface area (Å²) in [4.78, 5) is 4.45. The van der Waals surface area contributed by atoms with Gasteiger partial charge in [-0.15, -0.1) is 0 Å². The maximum absolute atomic E-state index is 5.71. The van der Waals surface area contributed by atoms with E-state index in [0.717, 1.165) is 12.1 Å². The summed E-state index contributed by atoms with van der Waals surface area (Å²) in [6, 6.07) is 10.7. The van der Waals surface area contributed by atoms with E-state index in [0.29, 0.717) is 5.92 Å². The zero-order valence-corrected chi connectivity index (χ0v) is 12.8. The molecule has 0 radical (unpaired) electrons. The fourth-order valence-corrected chi connectivity index (χ4v) is 2.71. The Hall–Kier alpha value is -1.45. The molecule has 1 N–H and O–H groups in total. The van der Waals surface area contributed by atoms with Crippen LogP contribution in [-0.4, -0.2) is 24.7 Å². The molecule has 2 unspecified atom stereocenters. The Morgan fingerprint density at radius 3 is 2.70 bits per heavy atom. The molecule has 1 aromatic heterocycles. The Bertz CT molecular complexity index is 553. The van der Waals surface area contributed by atoms with Gasteiger partial charge in [-0.25, -0.2) is 0 Å². The van der Waals surface area contributed by atoms with E-state index >= 15 is 0 Å². The van der Waals surface area contributed by atoms with Crippen LogP contribution in [0, 0.1) is 5.92 Å². The first kappa shape index (κ1) is 14.9. The molecule has 2 aromatic rings. The molecule has 2 rings (SSSR count). The number of benzene rings is 1. The lowest BCUT2D eigenvalue weighted by molar-refractivity contribution is 0.0331. The van der Waals surface area contributed by atoms with Gasteiger partial charge in [0.2, 0.25) is 0 Å². The zero-order chi connectivity index (χ0) is 14.5. The standard InChI is InChI=1S/C17H24N2O/c1-5-18-16(17(20-4)12(2)3)14-9-8-13-7-6-10-19-15(13)11-14/h6-12,16-18H,5H2,1-4H3. The minimum absolute atomic E-state index is 0.149. The van der Waals surface area contributed by atoms with Crippen molar-refractivity contribution in [2.75, 3.05) is 13.7 Å². The van der Waals surface area contributed by atoms with Gasteiger partial charge in [0.05, 0.1) is 17.7 Å². The van der Waals surface area contributed by atoms with Crippen molar-refractivity contribution in [3.8, 4) is 0 Å². The van der Waals surface area contributed by atoms with Gasteiger partial charge in [-0.1, -0.05) is 39.0 Å². The average molecular weight is 272 g/mol. The number of pyridine rings is 1. The van der Waals surface area contributed by atoms with Crippen molar-refractivity contribution < 1.29 is 4.74 Å². The van der Waals surface area contributed by atoms with Crippen molar-refractivity contribution in [2.45, 2.75) is 32.9 Å². The molecule has 0 saturated carbocycles. The molecule has 0 aliphatic heterocycles. The van der Waals surface area contributed by atoms with E-state index in [1.165, 1.54) is 10.9 Å². The fraction of sp³-hybridized carbons (Fsp3) is 0.471. The second kappa shape index (κ2) is 6.82. The summed E-state index contributed by atoms with van der Waals surface area (Å²) in [5.41, 5.74) is 2.27. The predicted octanol–water partition coefficient (Wildman–Crippen LogP) is 3.56. The molecule has 0 saturated heterocycles. The Kier molecular flexibility index (Phi) is 5.10. The first-order chi connectivity index (χ1) is 9.67. The number of nitrogens with one attached hydrogen (secondary N) is 1. The van der Waals surface area contributed by atoms with E-state index in [4.69, 9.17) is 4.74 Å². The van der Waals surface area contributed by atoms with Gasteiger partial charge in [0.15, 0.2) is 0 Å². The minimum atomic E-state index is 0.149. The second-order valence-corrected chi connectivity index (χ2v) is 5.44. The van der Waals surface area contributed by atoms with E-state index in [-0.39, 0.29) is 12.1 Å². The van der Waals surface area contributed by atoms with Gasteiger partial charge in [0.1, 0.15) is 0 Å². The summed E-state index contributed by atoms with van der Waals surface area (Å²) in [6.07, 6.45) is 1.99. The Labute approximate surface area is 121 Å². The molecule has 0 bridgehead atoms. The maximum atomic E-state index is 5.71. The van der Waals surface area contributed by atoms with Crippen molar-refractivity contribution in [1.29, 1.82) is 0 Å². The highest BCUT2D eigenvalue weighted by Gasteiger charge is 2.25. The zero-order valence-electron chi connectivity index (χ0n) is 12.8. The highest BCUT2D eigenvalue weighted by molar-refractivity contribution is 5.79. The van der Waals surface area contributed by atoms with Crippen LogP contribution < -0.4 is 5.32 Å². The summed E-state index contributed by atoms with van der Waals surface area (Å²) < 4.78 is 5.71. The van der Waals surface area contributed by atoms with Crippen LogP contribution in [0.4, 0.5) is 0 Å². The average Bonchev–Trinajstić information content (AvgIpc) is 2.46. The molecule has 2 atom stereocenters. The number of hydrogen-bond donors (Lipinski definition) is 1. The third kappa shape index (κ3) is 3.17. The molecule has 3 heteroatoms. The number of aromatic nitrogens is 1. The SMILES string of the molecule is CCNC(c1ccc2cccnc2c1)C(OC)C(C)C. The van der Waals surface area contributed by atoms with Crippen molar-refractivity contribution in [2.24, 2.45) is 5.92 Å². The molecular formula is C17H24N2O. The summed E-state index contributed by atoms with van der Waals surface area (Å²) >= 11 is 0. The van der Waals surface area contributed by atoms with Gasteiger partial charge in [0.25, 0.3) is 0 Å². The van der Waals surface area contributed by atoms with Gasteiger partial charge < -0.3 is 10.1 Å². The maximum Gasteiger partial charge on any atom is 0.0788 e. The van der Waals surface area contributed by atoms with Crippen molar-refractivity contribution in [3.05, 3.63) is 42.1 Å². The number of methoxy groups -OCH3 is 1. The summed E-state index contributed by atoms with van der Waals surface area (Å²) in [5.74, 6) is 0.448. The summed E-state index contributed by atoms with van der Waals surface area (Å²) in [6.45, 7) is 7.42. The molecule has 0 fully saturated rings. The van der Waals surface area contributed by atoms with Crippen LogP contribution >= 0.6 is 0 Å². The number of rotatable bonds is 6. The van der Waals surface area contributed by atoms with Crippen molar-refractivity contribution >= 4 is 10.9 Å².